The highest BCUT2D eigenvalue weighted by Gasteiger charge is 2.26. The van der Waals surface area contributed by atoms with Gasteiger partial charge in [-0.1, -0.05) is 25.1 Å². The van der Waals surface area contributed by atoms with Gasteiger partial charge in [-0.15, -0.1) is 11.3 Å². The number of nitrogens with zero attached hydrogens (tertiary/aromatic N) is 3. The van der Waals surface area contributed by atoms with Gasteiger partial charge < -0.3 is 4.74 Å². The summed E-state index contributed by atoms with van der Waals surface area (Å²) >= 11 is 1.49. The maximum absolute atomic E-state index is 12.4. The number of anilines is 2. The average Bonchev–Trinajstić information content (AvgIpc) is 3.16. The van der Waals surface area contributed by atoms with E-state index in [0.29, 0.717) is 5.13 Å². The van der Waals surface area contributed by atoms with Gasteiger partial charge in [0.15, 0.2) is 5.13 Å². The largest absolute Gasteiger partial charge is 0.469 e. The Morgan fingerprint density at radius 2 is 2.00 bits per heavy atom. The SMILES string of the molecule is CCc1ccccc1N(C(C)=O)c1nc(CN2CCC(C(=O)OC)CC2)cs1. The van der Waals surface area contributed by atoms with E-state index in [2.05, 4.69) is 11.8 Å². The zero-order valence-corrected chi connectivity index (χ0v) is 17.5. The first-order chi connectivity index (χ1) is 13.5. The normalized spacial score (nSPS) is 15.4. The Kier molecular flexibility index (Phi) is 6.80. The molecule has 0 N–H and O–H groups in total. The van der Waals surface area contributed by atoms with Crippen molar-refractivity contribution in [2.75, 3.05) is 25.1 Å². The van der Waals surface area contributed by atoms with E-state index >= 15 is 0 Å². The van der Waals surface area contributed by atoms with Crippen molar-refractivity contribution >= 4 is 34.0 Å². The molecule has 1 fully saturated rings. The highest BCUT2D eigenvalue weighted by molar-refractivity contribution is 7.14. The van der Waals surface area contributed by atoms with Crippen LogP contribution in [-0.4, -0.2) is 42.0 Å². The quantitative estimate of drug-likeness (QED) is 0.690. The van der Waals surface area contributed by atoms with Crippen LogP contribution in [0.1, 0.15) is 37.9 Å². The lowest BCUT2D eigenvalue weighted by atomic mass is 9.97. The molecule has 2 aromatic rings. The number of benzene rings is 1. The standard InChI is InChI=1S/C21H27N3O3S/c1-4-16-7-5-6-8-19(16)24(15(2)25)21-22-18(14-28-21)13-23-11-9-17(10-12-23)20(26)27-3/h5-8,14,17H,4,9-13H2,1-3H3. The zero-order valence-electron chi connectivity index (χ0n) is 16.7. The minimum Gasteiger partial charge on any atom is -0.469 e. The van der Waals surface area contributed by atoms with E-state index in [1.54, 1.807) is 11.8 Å². The van der Waals surface area contributed by atoms with Gasteiger partial charge in [-0.3, -0.25) is 19.4 Å². The predicted octanol–water partition coefficient (Wildman–Crippen LogP) is 3.78. The first kappa shape index (κ1) is 20.5. The molecule has 1 saturated heterocycles. The third-order valence-corrected chi connectivity index (χ3v) is 6.04. The molecule has 0 unspecified atom stereocenters. The molecular formula is C21H27N3O3S. The number of hydrogen-bond donors (Lipinski definition) is 0. The minimum atomic E-state index is -0.109. The molecule has 0 bridgehead atoms. The molecule has 1 aromatic heterocycles. The maximum Gasteiger partial charge on any atom is 0.308 e. The molecule has 1 aromatic carbocycles. The number of esters is 1. The predicted molar refractivity (Wildman–Crippen MR) is 111 cm³/mol. The van der Waals surface area contributed by atoms with Gasteiger partial charge >= 0.3 is 5.97 Å². The molecule has 7 heteroatoms. The van der Waals surface area contributed by atoms with Crippen molar-refractivity contribution in [1.29, 1.82) is 0 Å². The summed E-state index contributed by atoms with van der Waals surface area (Å²) in [6, 6.07) is 7.96. The Morgan fingerprint density at radius 3 is 2.64 bits per heavy atom. The smallest absolute Gasteiger partial charge is 0.308 e. The number of carbonyl (C=O) groups excluding carboxylic acids is 2. The molecule has 0 aliphatic carbocycles. The fourth-order valence-electron chi connectivity index (χ4n) is 3.63. The van der Waals surface area contributed by atoms with Gasteiger partial charge in [0.2, 0.25) is 5.91 Å². The molecule has 6 nitrogen and oxygen atoms in total. The third-order valence-electron chi connectivity index (χ3n) is 5.17. The molecule has 150 valence electrons. The number of piperidine rings is 1. The van der Waals surface area contributed by atoms with Crippen molar-refractivity contribution < 1.29 is 14.3 Å². The molecule has 0 radical (unpaired) electrons. The lowest BCUT2D eigenvalue weighted by Crippen LogP contribution is -2.36. The Morgan fingerprint density at radius 1 is 1.29 bits per heavy atom. The number of thiazole rings is 1. The highest BCUT2D eigenvalue weighted by atomic mass is 32.1. The van der Waals surface area contributed by atoms with Crippen molar-refractivity contribution in [3.8, 4) is 0 Å². The lowest BCUT2D eigenvalue weighted by molar-refractivity contribution is -0.147. The monoisotopic (exact) mass is 401 g/mol. The molecule has 3 rings (SSSR count). The Balaban J connectivity index is 1.70. The topological polar surface area (TPSA) is 62.7 Å². The number of likely N-dealkylation sites (tertiary alicyclic amines) is 1. The molecule has 0 atom stereocenters. The van der Waals surface area contributed by atoms with Gasteiger partial charge in [0, 0.05) is 18.8 Å². The number of aryl methyl sites for hydroxylation is 1. The first-order valence-electron chi connectivity index (χ1n) is 9.66. The fraction of sp³-hybridized carbons (Fsp3) is 0.476. The van der Waals surface area contributed by atoms with Gasteiger partial charge in [0.05, 0.1) is 24.4 Å². The molecule has 28 heavy (non-hydrogen) atoms. The summed E-state index contributed by atoms with van der Waals surface area (Å²) in [7, 11) is 1.45. The van der Waals surface area contributed by atoms with Crippen LogP contribution in [-0.2, 0) is 27.3 Å². The number of ether oxygens (including phenoxy) is 1. The summed E-state index contributed by atoms with van der Waals surface area (Å²) in [6.45, 7) is 6.09. The Hall–Kier alpha value is -2.25. The van der Waals surface area contributed by atoms with Crippen LogP contribution in [0.15, 0.2) is 29.6 Å². The average molecular weight is 402 g/mol. The van der Waals surface area contributed by atoms with E-state index < -0.39 is 0 Å². The second kappa shape index (κ2) is 9.30. The van der Waals surface area contributed by atoms with E-state index in [4.69, 9.17) is 9.72 Å². The Labute approximate surface area is 170 Å². The van der Waals surface area contributed by atoms with E-state index in [1.165, 1.54) is 18.4 Å². The maximum atomic E-state index is 12.4. The van der Waals surface area contributed by atoms with Crippen molar-refractivity contribution in [2.24, 2.45) is 5.92 Å². The summed E-state index contributed by atoms with van der Waals surface area (Å²) in [5.74, 6) is -0.144. The second-order valence-corrected chi connectivity index (χ2v) is 7.87. The minimum absolute atomic E-state index is 0.00555. The van der Waals surface area contributed by atoms with Crippen LogP contribution in [0, 0.1) is 5.92 Å². The molecule has 1 aliphatic rings. The number of rotatable bonds is 6. The van der Waals surface area contributed by atoms with E-state index in [9.17, 15) is 9.59 Å². The summed E-state index contributed by atoms with van der Waals surface area (Å²) in [5, 5.41) is 2.72. The summed E-state index contributed by atoms with van der Waals surface area (Å²) in [4.78, 5) is 32.8. The van der Waals surface area contributed by atoms with Crippen LogP contribution in [0.5, 0.6) is 0 Å². The van der Waals surface area contributed by atoms with Crippen LogP contribution in [0.2, 0.25) is 0 Å². The van der Waals surface area contributed by atoms with Gasteiger partial charge in [-0.25, -0.2) is 4.98 Å². The number of para-hydroxylation sites is 1. The molecule has 0 saturated carbocycles. The van der Waals surface area contributed by atoms with Gasteiger partial charge in [0.25, 0.3) is 0 Å². The molecular weight excluding hydrogens is 374 g/mol. The lowest BCUT2D eigenvalue weighted by Gasteiger charge is -2.30. The summed E-state index contributed by atoms with van der Waals surface area (Å²) in [5.41, 5.74) is 2.98. The fourth-order valence-corrected chi connectivity index (χ4v) is 4.50. The van der Waals surface area contributed by atoms with Crippen LogP contribution in [0.4, 0.5) is 10.8 Å². The molecule has 1 amide bonds. The van der Waals surface area contributed by atoms with Crippen LogP contribution < -0.4 is 4.90 Å². The Bertz CT molecular complexity index is 828. The number of amides is 1. The summed E-state index contributed by atoms with van der Waals surface area (Å²) < 4.78 is 4.85. The summed E-state index contributed by atoms with van der Waals surface area (Å²) in [6.07, 6.45) is 2.48. The van der Waals surface area contributed by atoms with Crippen LogP contribution >= 0.6 is 11.3 Å². The van der Waals surface area contributed by atoms with Crippen molar-refractivity contribution in [1.82, 2.24) is 9.88 Å². The molecule has 1 aliphatic heterocycles. The van der Waals surface area contributed by atoms with Gasteiger partial charge in [-0.05, 0) is 44.0 Å². The van der Waals surface area contributed by atoms with Crippen molar-refractivity contribution in [2.45, 2.75) is 39.7 Å². The number of carbonyl (C=O) groups is 2. The molecule has 2 heterocycles. The highest BCUT2D eigenvalue weighted by Crippen LogP contribution is 2.32. The van der Waals surface area contributed by atoms with Crippen LogP contribution in [0.3, 0.4) is 0 Å². The van der Waals surface area contributed by atoms with Gasteiger partial charge in [0.1, 0.15) is 0 Å². The van der Waals surface area contributed by atoms with Gasteiger partial charge in [-0.2, -0.15) is 0 Å². The zero-order chi connectivity index (χ0) is 20.1. The number of aromatic nitrogens is 1. The van der Waals surface area contributed by atoms with Crippen molar-refractivity contribution in [3.05, 3.63) is 40.9 Å². The first-order valence-corrected chi connectivity index (χ1v) is 10.5. The van der Waals surface area contributed by atoms with E-state index in [-0.39, 0.29) is 17.8 Å². The van der Waals surface area contributed by atoms with E-state index in [0.717, 1.165) is 55.8 Å². The number of methoxy groups -OCH3 is 1. The number of hydrogen-bond acceptors (Lipinski definition) is 6. The third kappa shape index (κ3) is 4.59. The van der Waals surface area contributed by atoms with E-state index in [1.807, 2.05) is 29.6 Å². The van der Waals surface area contributed by atoms with Crippen LogP contribution in [0.25, 0.3) is 0 Å². The second-order valence-electron chi connectivity index (χ2n) is 7.03. The van der Waals surface area contributed by atoms with Crippen molar-refractivity contribution in [3.63, 3.8) is 0 Å². The molecule has 0 spiro atoms.